The lowest BCUT2D eigenvalue weighted by Gasteiger charge is -2.30. The maximum atomic E-state index is 12.4. The molecule has 6 heteroatoms. The van der Waals surface area contributed by atoms with Gasteiger partial charge in [0.15, 0.2) is 0 Å². The van der Waals surface area contributed by atoms with Crippen molar-refractivity contribution in [3.63, 3.8) is 0 Å². The normalized spacial score (nSPS) is 24.5. The first-order chi connectivity index (χ1) is 9.13. The summed E-state index contributed by atoms with van der Waals surface area (Å²) in [5.41, 5.74) is 0. The van der Waals surface area contributed by atoms with Crippen LogP contribution in [0.4, 0.5) is 0 Å². The number of halogens is 1. The smallest absolute Gasteiger partial charge is 0.228 e. The highest BCUT2D eigenvalue weighted by Gasteiger charge is 2.38. The Morgan fingerprint density at radius 2 is 2.05 bits per heavy atom. The molecular formula is C14H26ClN3O2. The van der Waals surface area contributed by atoms with Gasteiger partial charge in [-0.05, 0) is 13.3 Å². The van der Waals surface area contributed by atoms with Crippen LogP contribution in [-0.2, 0) is 9.59 Å². The van der Waals surface area contributed by atoms with Crippen molar-refractivity contribution >= 4 is 24.2 Å². The van der Waals surface area contributed by atoms with E-state index in [2.05, 4.69) is 19.2 Å². The second-order valence-corrected chi connectivity index (χ2v) is 5.66. The summed E-state index contributed by atoms with van der Waals surface area (Å²) in [6.45, 7) is 8.09. The molecule has 2 amide bonds. The third kappa shape index (κ3) is 3.85. The van der Waals surface area contributed by atoms with E-state index in [1.165, 1.54) is 0 Å². The Kier molecular flexibility index (Phi) is 6.76. The minimum Gasteiger partial charge on any atom is -0.340 e. The number of hydrogen-bond donors (Lipinski definition) is 1. The molecule has 20 heavy (non-hydrogen) atoms. The Hall–Kier alpha value is -0.810. The fourth-order valence-corrected chi connectivity index (χ4v) is 3.04. The molecule has 2 fully saturated rings. The molecule has 1 N–H and O–H groups in total. The lowest BCUT2D eigenvalue weighted by molar-refractivity contribution is -0.136. The molecule has 0 radical (unpaired) electrons. The average molecular weight is 304 g/mol. The molecule has 0 aromatic carbocycles. The van der Waals surface area contributed by atoms with E-state index in [4.69, 9.17) is 0 Å². The number of amides is 2. The summed E-state index contributed by atoms with van der Waals surface area (Å²) in [4.78, 5) is 28.2. The monoisotopic (exact) mass is 303 g/mol. The molecule has 0 aliphatic carbocycles. The second kappa shape index (κ2) is 7.84. The van der Waals surface area contributed by atoms with E-state index in [9.17, 15) is 9.59 Å². The quantitative estimate of drug-likeness (QED) is 0.839. The summed E-state index contributed by atoms with van der Waals surface area (Å²) in [5.74, 6) is 0.195. The van der Waals surface area contributed by atoms with Crippen LogP contribution in [0.15, 0.2) is 0 Å². The van der Waals surface area contributed by atoms with Crippen LogP contribution in [0.3, 0.4) is 0 Å². The predicted molar refractivity (Wildman–Crippen MR) is 80.9 cm³/mol. The average Bonchev–Trinajstić information content (AvgIpc) is 2.81. The van der Waals surface area contributed by atoms with Crippen molar-refractivity contribution in [3.05, 3.63) is 0 Å². The number of rotatable bonds is 4. The summed E-state index contributed by atoms with van der Waals surface area (Å²) in [6, 6.07) is 0.262. The van der Waals surface area contributed by atoms with Gasteiger partial charge in [0.25, 0.3) is 0 Å². The van der Waals surface area contributed by atoms with Gasteiger partial charge in [-0.3, -0.25) is 9.59 Å². The van der Waals surface area contributed by atoms with E-state index >= 15 is 0 Å². The number of carbonyl (C=O) groups excluding carboxylic acids is 2. The van der Waals surface area contributed by atoms with Crippen LogP contribution >= 0.6 is 12.4 Å². The minimum absolute atomic E-state index is 0. The van der Waals surface area contributed by atoms with Crippen molar-refractivity contribution in [1.82, 2.24) is 15.1 Å². The molecule has 116 valence electrons. The van der Waals surface area contributed by atoms with Gasteiger partial charge in [0.2, 0.25) is 11.8 Å². The van der Waals surface area contributed by atoms with E-state index in [0.29, 0.717) is 13.0 Å². The van der Waals surface area contributed by atoms with E-state index < -0.39 is 0 Å². The van der Waals surface area contributed by atoms with Gasteiger partial charge >= 0.3 is 0 Å². The van der Waals surface area contributed by atoms with Crippen molar-refractivity contribution in [2.45, 2.75) is 39.2 Å². The largest absolute Gasteiger partial charge is 0.340 e. The molecular weight excluding hydrogens is 278 g/mol. The standard InChI is InChI=1S/C14H25N3O2.ClH/c1-3-4-11(2)17-10-12(9-13(17)18)14(19)16-7-5-15-6-8-16;/h11-12,15H,3-10H2,1-2H3;1H. The first-order valence-electron chi connectivity index (χ1n) is 7.42. The van der Waals surface area contributed by atoms with Gasteiger partial charge in [0, 0.05) is 45.2 Å². The van der Waals surface area contributed by atoms with Crippen LogP contribution in [0.25, 0.3) is 0 Å². The van der Waals surface area contributed by atoms with Crippen LogP contribution < -0.4 is 5.32 Å². The van der Waals surface area contributed by atoms with Gasteiger partial charge in [-0.15, -0.1) is 12.4 Å². The Balaban J connectivity index is 0.00000200. The highest BCUT2D eigenvalue weighted by molar-refractivity contribution is 5.89. The molecule has 0 aromatic heterocycles. The number of nitrogens with one attached hydrogen (secondary N) is 1. The van der Waals surface area contributed by atoms with Gasteiger partial charge in [-0.1, -0.05) is 13.3 Å². The van der Waals surface area contributed by atoms with E-state index in [-0.39, 0.29) is 36.2 Å². The van der Waals surface area contributed by atoms with Gasteiger partial charge in [-0.25, -0.2) is 0 Å². The van der Waals surface area contributed by atoms with Crippen LogP contribution in [0.2, 0.25) is 0 Å². The molecule has 2 heterocycles. The summed E-state index contributed by atoms with van der Waals surface area (Å²) in [7, 11) is 0. The number of piperazine rings is 1. The van der Waals surface area contributed by atoms with Crippen molar-refractivity contribution in [2.24, 2.45) is 5.92 Å². The van der Waals surface area contributed by atoms with Crippen molar-refractivity contribution in [1.29, 1.82) is 0 Å². The summed E-state index contributed by atoms with van der Waals surface area (Å²) in [6.07, 6.45) is 2.48. The highest BCUT2D eigenvalue weighted by atomic mass is 35.5. The summed E-state index contributed by atoms with van der Waals surface area (Å²) in [5, 5.41) is 3.24. The molecule has 0 aromatic rings. The third-order valence-electron chi connectivity index (χ3n) is 4.17. The molecule has 5 nitrogen and oxygen atoms in total. The van der Waals surface area contributed by atoms with Gasteiger partial charge in [0.1, 0.15) is 0 Å². The van der Waals surface area contributed by atoms with E-state index in [1.807, 2.05) is 9.80 Å². The van der Waals surface area contributed by atoms with Gasteiger partial charge < -0.3 is 15.1 Å². The molecule has 0 spiro atoms. The Bertz CT molecular complexity index is 345. The molecule has 2 aliphatic heterocycles. The topological polar surface area (TPSA) is 52.7 Å². The highest BCUT2D eigenvalue weighted by Crippen LogP contribution is 2.23. The lowest BCUT2D eigenvalue weighted by Crippen LogP contribution is -2.49. The molecule has 2 saturated heterocycles. The zero-order chi connectivity index (χ0) is 13.8. The zero-order valence-electron chi connectivity index (χ0n) is 12.4. The Morgan fingerprint density at radius 3 is 2.65 bits per heavy atom. The fraction of sp³-hybridized carbons (Fsp3) is 0.857. The molecule has 2 rings (SSSR count). The molecule has 2 atom stereocenters. The van der Waals surface area contributed by atoms with Crippen molar-refractivity contribution in [2.75, 3.05) is 32.7 Å². The first kappa shape index (κ1) is 17.2. The number of likely N-dealkylation sites (tertiary alicyclic amines) is 1. The zero-order valence-corrected chi connectivity index (χ0v) is 13.2. The predicted octanol–water partition coefficient (Wildman–Crippen LogP) is 0.877. The molecule has 0 saturated carbocycles. The lowest BCUT2D eigenvalue weighted by atomic mass is 10.1. The third-order valence-corrected chi connectivity index (χ3v) is 4.17. The molecule has 2 unspecified atom stereocenters. The Labute approximate surface area is 127 Å². The number of carbonyl (C=O) groups is 2. The second-order valence-electron chi connectivity index (χ2n) is 5.66. The van der Waals surface area contributed by atoms with Crippen LogP contribution in [0, 0.1) is 5.92 Å². The Morgan fingerprint density at radius 1 is 1.40 bits per heavy atom. The number of hydrogen-bond acceptors (Lipinski definition) is 3. The number of nitrogens with zero attached hydrogens (tertiary/aromatic N) is 2. The van der Waals surface area contributed by atoms with Gasteiger partial charge in [-0.2, -0.15) is 0 Å². The van der Waals surface area contributed by atoms with E-state index in [1.54, 1.807) is 0 Å². The van der Waals surface area contributed by atoms with Crippen molar-refractivity contribution in [3.8, 4) is 0 Å². The van der Waals surface area contributed by atoms with E-state index in [0.717, 1.165) is 39.0 Å². The SMILES string of the molecule is CCCC(C)N1CC(C(=O)N2CCNCC2)CC1=O.Cl. The summed E-state index contributed by atoms with van der Waals surface area (Å²) >= 11 is 0. The van der Waals surface area contributed by atoms with Crippen LogP contribution in [0.5, 0.6) is 0 Å². The van der Waals surface area contributed by atoms with Crippen LogP contribution in [-0.4, -0.2) is 60.4 Å². The molecule has 2 aliphatic rings. The maximum Gasteiger partial charge on any atom is 0.228 e. The maximum absolute atomic E-state index is 12.4. The summed E-state index contributed by atoms with van der Waals surface area (Å²) < 4.78 is 0. The first-order valence-corrected chi connectivity index (χ1v) is 7.42. The van der Waals surface area contributed by atoms with Crippen molar-refractivity contribution < 1.29 is 9.59 Å². The minimum atomic E-state index is -0.120. The van der Waals surface area contributed by atoms with Crippen LogP contribution in [0.1, 0.15) is 33.1 Å². The fourth-order valence-electron chi connectivity index (χ4n) is 3.04. The molecule has 0 bridgehead atoms. The van der Waals surface area contributed by atoms with Gasteiger partial charge in [0.05, 0.1) is 5.92 Å².